The molecule has 0 bridgehead atoms. The van der Waals surface area contributed by atoms with Crippen LogP contribution < -0.4 is 14.8 Å². The maximum absolute atomic E-state index is 11.8. The van der Waals surface area contributed by atoms with Crippen LogP contribution in [-0.4, -0.2) is 63.4 Å². The summed E-state index contributed by atoms with van der Waals surface area (Å²) in [6, 6.07) is 3.25. The molecule has 1 N–H and O–H groups in total. The average Bonchev–Trinajstić information content (AvgIpc) is 2.69. The number of hydrogen-bond donors (Lipinski definition) is 1. The van der Waals surface area contributed by atoms with Crippen molar-refractivity contribution in [2.24, 2.45) is 5.92 Å². The van der Waals surface area contributed by atoms with Crippen LogP contribution in [0.15, 0.2) is 12.1 Å². The molecular formula is C18H27N3O5. The summed E-state index contributed by atoms with van der Waals surface area (Å²) in [5.74, 6) is 1.23. The normalized spacial score (nSPS) is 20.5. The molecule has 0 radical (unpaired) electrons. The molecule has 0 unspecified atom stereocenters. The van der Waals surface area contributed by atoms with E-state index >= 15 is 0 Å². The Hall–Kier alpha value is -1.90. The summed E-state index contributed by atoms with van der Waals surface area (Å²) in [6.45, 7) is 4.92. The molecule has 3 rings (SSSR count). The number of nitro groups is 1. The summed E-state index contributed by atoms with van der Waals surface area (Å²) in [6.07, 6.45) is 1.81. The van der Waals surface area contributed by atoms with Gasteiger partial charge in [0.15, 0.2) is 11.5 Å². The Bertz CT molecular complexity index is 609. The molecule has 0 saturated carbocycles. The highest BCUT2D eigenvalue weighted by Gasteiger charge is 2.36. The quantitative estimate of drug-likeness (QED) is 0.609. The monoisotopic (exact) mass is 365 g/mol. The van der Waals surface area contributed by atoms with Gasteiger partial charge in [-0.25, -0.2) is 0 Å². The largest absolute Gasteiger partial charge is 0.493 e. The Morgan fingerprint density at radius 1 is 1.19 bits per heavy atom. The molecule has 1 atom stereocenters. The highest BCUT2D eigenvalue weighted by molar-refractivity contribution is 5.55. The Kier molecular flexibility index (Phi) is 6.29. The third-order valence-corrected chi connectivity index (χ3v) is 5.31. The van der Waals surface area contributed by atoms with E-state index in [4.69, 9.17) is 14.2 Å². The Morgan fingerprint density at radius 2 is 1.81 bits per heavy atom. The van der Waals surface area contributed by atoms with E-state index in [1.807, 2.05) is 0 Å². The number of hydrogen-bond acceptors (Lipinski definition) is 7. The van der Waals surface area contributed by atoms with Gasteiger partial charge < -0.3 is 19.5 Å². The fraction of sp³-hybridized carbons (Fsp3) is 0.667. The van der Waals surface area contributed by atoms with Gasteiger partial charge in [0.05, 0.1) is 30.8 Å². The first-order valence-corrected chi connectivity index (χ1v) is 9.08. The smallest absolute Gasteiger partial charge is 0.278 e. The Balaban J connectivity index is 2.07. The molecule has 26 heavy (non-hydrogen) atoms. The predicted molar refractivity (Wildman–Crippen MR) is 96.9 cm³/mol. The van der Waals surface area contributed by atoms with E-state index in [1.165, 1.54) is 13.2 Å². The molecule has 2 fully saturated rings. The third-order valence-electron chi connectivity index (χ3n) is 5.31. The van der Waals surface area contributed by atoms with Gasteiger partial charge in [0.2, 0.25) is 0 Å². The number of benzene rings is 1. The molecule has 1 aromatic rings. The van der Waals surface area contributed by atoms with Gasteiger partial charge in [-0.15, -0.1) is 0 Å². The standard InChI is InChI=1S/C18H27N3O5/c1-24-16-11-14(15(21(22)23)12-17(16)25-2)18(13-3-9-26-10-4-13)20-7-5-19-6-8-20/h11-13,18-19H,3-10H2,1-2H3/t18-/m0/s1. The minimum atomic E-state index is -0.314. The minimum absolute atomic E-state index is 0.0267. The van der Waals surface area contributed by atoms with Crippen LogP contribution in [0.25, 0.3) is 0 Å². The van der Waals surface area contributed by atoms with Gasteiger partial charge in [0.1, 0.15) is 0 Å². The number of rotatable bonds is 6. The maximum Gasteiger partial charge on any atom is 0.278 e. The van der Waals surface area contributed by atoms with Crippen LogP contribution in [-0.2, 0) is 4.74 Å². The molecule has 0 aliphatic carbocycles. The second kappa shape index (κ2) is 8.66. The third kappa shape index (κ3) is 3.92. The van der Waals surface area contributed by atoms with Crippen LogP contribution in [0.3, 0.4) is 0 Å². The zero-order valence-electron chi connectivity index (χ0n) is 15.4. The minimum Gasteiger partial charge on any atom is -0.493 e. The van der Waals surface area contributed by atoms with Gasteiger partial charge in [-0.2, -0.15) is 0 Å². The second-order valence-electron chi connectivity index (χ2n) is 6.70. The molecular weight excluding hydrogens is 338 g/mol. The van der Waals surface area contributed by atoms with Crippen LogP contribution >= 0.6 is 0 Å². The van der Waals surface area contributed by atoms with Crippen molar-refractivity contribution < 1.29 is 19.1 Å². The molecule has 2 aliphatic rings. The Morgan fingerprint density at radius 3 is 2.38 bits per heavy atom. The molecule has 144 valence electrons. The number of ether oxygens (including phenoxy) is 3. The first-order valence-electron chi connectivity index (χ1n) is 9.08. The van der Waals surface area contributed by atoms with Crippen molar-refractivity contribution in [2.75, 3.05) is 53.6 Å². The summed E-state index contributed by atoms with van der Waals surface area (Å²) in [7, 11) is 3.05. The number of methoxy groups -OCH3 is 2. The van der Waals surface area contributed by atoms with E-state index in [0.717, 1.165) is 39.0 Å². The lowest BCUT2D eigenvalue weighted by Gasteiger charge is -2.40. The van der Waals surface area contributed by atoms with Crippen LogP contribution in [0.2, 0.25) is 0 Å². The zero-order valence-corrected chi connectivity index (χ0v) is 15.4. The molecule has 8 nitrogen and oxygen atoms in total. The lowest BCUT2D eigenvalue weighted by atomic mass is 9.84. The van der Waals surface area contributed by atoms with E-state index in [9.17, 15) is 10.1 Å². The molecule has 1 aromatic carbocycles. The molecule has 2 saturated heterocycles. The topological polar surface area (TPSA) is 86.1 Å². The summed E-state index contributed by atoms with van der Waals surface area (Å²) < 4.78 is 16.2. The van der Waals surface area contributed by atoms with Crippen LogP contribution in [0.1, 0.15) is 24.4 Å². The fourth-order valence-electron chi connectivity index (χ4n) is 4.02. The van der Waals surface area contributed by atoms with Gasteiger partial charge in [-0.1, -0.05) is 0 Å². The lowest BCUT2D eigenvalue weighted by molar-refractivity contribution is -0.386. The SMILES string of the molecule is COc1cc([C@H](C2CCOCC2)N2CCNCC2)c([N+](=O)[O-])cc1OC. The lowest BCUT2D eigenvalue weighted by Crippen LogP contribution is -2.47. The van der Waals surface area contributed by atoms with Crippen molar-refractivity contribution in [1.82, 2.24) is 10.2 Å². The van der Waals surface area contributed by atoms with E-state index in [2.05, 4.69) is 10.2 Å². The van der Waals surface area contributed by atoms with Crippen molar-refractivity contribution >= 4 is 5.69 Å². The van der Waals surface area contributed by atoms with E-state index < -0.39 is 0 Å². The van der Waals surface area contributed by atoms with Gasteiger partial charge in [0, 0.05) is 45.4 Å². The van der Waals surface area contributed by atoms with E-state index in [1.54, 1.807) is 13.2 Å². The van der Waals surface area contributed by atoms with Crippen LogP contribution in [0.4, 0.5) is 5.69 Å². The first kappa shape index (κ1) is 18.9. The summed E-state index contributed by atoms with van der Waals surface area (Å²) >= 11 is 0. The maximum atomic E-state index is 11.8. The van der Waals surface area contributed by atoms with E-state index in [0.29, 0.717) is 36.2 Å². The summed E-state index contributed by atoms with van der Waals surface area (Å²) in [4.78, 5) is 13.9. The van der Waals surface area contributed by atoms with Crippen molar-refractivity contribution in [3.8, 4) is 11.5 Å². The van der Waals surface area contributed by atoms with Crippen molar-refractivity contribution in [2.45, 2.75) is 18.9 Å². The fourth-order valence-corrected chi connectivity index (χ4v) is 4.02. The van der Waals surface area contributed by atoms with Crippen molar-refractivity contribution in [1.29, 1.82) is 0 Å². The zero-order chi connectivity index (χ0) is 18.5. The Labute approximate surface area is 153 Å². The second-order valence-corrected chi connectivity index (χ2v) is 6.70. The highest BCUT2D eigenvalue weighted by Crippen LogP contribution is 2.44. The molecule has 0 amide bonds. The van der Waals surface area contributed by atoms with Crippen molar-refractivity contribution in [3.63, 3.8) is 0 Å². The highest BCUT2D eigenvalue weighted by atomic mass is 16.6. The summed E-state index contributed by atoms with van der Waals surface area (Å²) in [5, 5.41) is 15.2. The van der Waals surface area contributed by atoms with E-state index in [-0.39, 0.29) is 16.7 Å². The van der Waals surface area contributed by atoms with Gasteiger partial charge in [0.25, 0.3) is 5.69 Å². The molecule has 2 aliphatic heterocycles. The summed E-state index contributed by atoms with van der Waals surface area (Å²) in [5.41, 5.74) is 0.805. The first-order chi connectivity index (χ1) is 12.7. The average molecular weight is 365 g/mol. The van der Waals surface area contributed by atoms with Crippen molar-refractivity contribution in [3.05, 3.63) is 27.8 Å². The molecule has 8 heteroatoms. The van der Waals surface area contributed by atoms with Gasteiger partial charge in [-0.3, -0.25) is 15.0 Å². The van der Waals surface area contributed by atoms with Gasteiger partial charge >= 0.3 is 0 Å². The molecule has 0 spiro atoms. The predicted octanol–water partition coefficient (Wildman–Crippen LogP) is 1.98. The number of nitro benzene ring substituents is 1. The molecule has 0 aromatic heterocycles. The number of nitrogens with zero attached hydrogens (tertiary/aromatic N) is 2. The van der Waals surface area contributed by atoms with Crippen LogP contribution in [0.5, 0.6) is 11.5 Å². The van der Waals surface area contributed by atoms with Gasteiger partial charge in [-0.05, 0) is 24.8 Å². The van der Waals surface area contributed by atoms with Crippen LogP contribution in [0, 0.1) is 16.0 Å². The molecule has 2 heterocycles. The number of nitrogens with one attached hydrogen (secondary N) is 1. The number of piperazine rings is 1.